The Balaban J connectivity index is 2.01. The van der Waals surface area contributed by atoms with Crippen LogP contribution < -0.4 is 5.32 Å². The molecular formula is C16H18ClN3S. The number of nitrogens with zero attached hydrogens (tertiary/aromatic N) is 2. The maximum Gasteiger partial charge on any atom is 0.169 e. The van der Waals surface area contributed by atoms with Gasteiger partial charge in [-0.3, -0.25) is 0 Å². The number of nitrogens with one attached hydrogen (secondary N) is 1. The molecule has 2 heterocycles. The van der Waals surface area contributed by atoms with Gasteiger partial charge in [0.15, 0.2) is 5.11 Å². The summed E-state index contributed by atoms with van der Waals surface area (Å²) in [7, 11) is 0. The highest BCUT2D eigenvalue weighted by molar-refractivity contribution is 7.80. The van der Waals surface area contributed by atoms with Gasteiger partial charge in [0.05, 0.1) is 6.04 Å². The molecule has 21 heavy (non-hydrogen) atoms. The molecule has 3 rings (SSSR count). The van der Waals surface area contributed by atoms with Gasteiger partial charge < -0.3 is 14.8 Å². The van der Waals surface area contributed by atoms with Crippen LogP contribution in [0, 0.1) is 0 Å². The molecule has 0 saturated heterocycles. The van der Waals surface area contributed by atoms with Crippen molar-refractivity contribution in [3.63, 3.8) is 0 Å². The van der Waals surface area contributed by atoms with Crippen LogP contribution >= 0.6 is 23.8 Å². The average Bonchev–Trinajstić information content (AvgIpc) is 2.96. The monoisotopic (exact) mass is 319 g/mol. The van der Waals surface area contributed by atoms with Crippen molar-refractivity contribution in [3.05, 3.63) is 58.9 Å². The Morgan fingerprint density at radius 1 is 1.29 bits per heavy atom. The molecule has 0 aliphatic carbocycles. The smallest absolute Gasteiger partial charge is 0.169 e. The molecule has 1 atom stereocenters. The molecule has 1 aliphatic heterocycles. The molecule has 0 amide bonds. The second-order valence-electron chi connectivity index (χ2n) is 5.11. The van der Waals surface area contributed by atoms with Gasteiger partial charge in [-0.25, -0.2) is 0 Å². The summed E-state index contributed by atoms with van der Waals surface area (Å²) in [6, 6.07) is 12.4. The fraction of sp³-hybridized carbons (Fsp3) is 0.312. The van der Waals surface area contributed by atoms with Gasteiger partial charge in [0.1, 0.15) is 0 Å². The van der Waals surface area contributed by atoms with Crippen molar-refractivity contribution in [3.8, 4) is 0 Å². The number of rotatable bonds is 2. The van der Waals surface area contributed by atoms with Gasteiger partial charge in [-0.05, 0) is 49.0 Å². The molecule has 1 aromatic carbocycles. The van der Waals surface area contributed by atoms with E-state index in [0.717, 1.165) is 29.8 Å². The van der Waals surface area contributed by atoms with Crippen molar-refractivity contribution in [1.29, 1.82) is 0 Å². The minimum Gasteiger partial charge on any atom is -0.363 e. The van der Waals surface area contributed by atoms with Crippen molar-refractivity contribution >= 4 is 28.9 Å². The molecule has 110 valence electrons. The lowest BCUT2D eigenvalue weighted by atomic mass is 10.0. The third-order valence-electron chi connectivity index (χ3n) is 3.81. The van der Waals surface area contributed by atoms with Gasteiger partial charge in [0.2, 0.25) is 0 Å². The molecule has 0 fully saturated rings. The number of hydrogen-bond acceptors (Lipinski definition) is 1. The lowest BCUT2D eigenvalue weighted by Gasteiger charge is -2.39. The first-order valence-corrected chi connectivity index (χ1v) is 7.94. The van der Waals surface area contributed by atoms with Crippen LogP contribution in [0.5, 0.6) is 0 Å². The van der Waals surface area contributed by atoms with E-state index in [-0.39, 0.29) is 6.04 Å². The minimum absolute atomic E-state index is 0.137. The predicted octanol–water partition coefficient (Wildman–Crippen LogP) is 3.44. The Kier molecular flexibility index (Phi) is 4.17. The lowest BCUT2D eigenvalue weighted by molar-refractivity contribution is 0.286. The SMILES string of the molecule is CCNC(=S)N1CCn2cccc2[C@H]1c1ccc(Cl)cc1. The molecule has 0 bridgehead atoms. The first-order chi connectivity index (χ1) is 10.2. The fourth-order valence-corrected chi connectivity index (χ4v) is 3.32. The normalized spacial score (nSPS) is 17.4. The molecule has 0 radical (unpaired) electrons. The van der Waals surface area contributed by atoms with Gasteiger partial charge in [-0.2, -0.15) is 0 Å². The summed E-state index contributed by atoms with van der Waals surface area (Å²) < 4.78 is 2.30. The maximum atomic E-state index is 6.02. The summed E-state index contributed by atoms with van der Waals surface area (Å²) >= 11 is 11.6. The van der Waals surface area contributed by atoms with Crippen LogP contribution in [0.2, 0.25) is 5.02 Å². The van der Waals surface area contributed by atoms with E-state index in [1.54, 1.807) is 0 Å². The Morgan fingerprint density at radius 3 is 2.76 bits per heavy atom. The molecule has 2 aromatic rings. The summed E-state index contributed by atoms with van der Waals surface area (Å²) in [4.78, 5) is 2.26. The second kappa shape index (κ2) is 6.08. The third-order valence-corrected chi connectivity index (χ3v) is 4.44. The fourth-order valence-electron chi connectivity index (χ4n) is 2.85. The lowest BCUT2D eigenvalue weighted by Crippen LogP contribution is -2.47. The number of benzene rings is 1. The van der Waals surface area contributed by atoms with E-state index in [1.165, 1.54) is 11.3 Å². The molecular weight excluding hydrogens is 302 g/mol. The molecule has 0 spiro atoms. The topological polar surface area (TPSA) is 20.2 Å². The number of halogens is 1. The first kappa shape index (κ1) is 14.4. The van der Waals surface area contributed by atoms with Crippen molar-refractivity contribution in [2.24, 2.45) is 0 Å². The first-order valence-electron chi connectivity index (χ1n) is 7.15. The zero-order chi connectivity index (χ0) is 14.8. The summed E-state index contributed by atoms with van der Waals surface area (Å²) in [6.45, 7) is 4.76. The third kappa shape index (κ3) is 2.78. The second-order valence-corrected chi connectivity index (χ2v) is 5.93. The highest BCUT2D eigenvalue weighted by Gasteiger charge is 2.30. The largest absolute Gasteiger partial charge is 0.363 e. The predicted molar refractivity (Wildman–Crippen MR) is 90.7 cm³/mol. The van der Waals surface area contributed by atoms with Gasteiger partial charge >= 0.3 is 0 Å². The van der Waals surface area contributed by atoms with Gasteiger partial charge in [0.25, 0.3) is 0 Å². The molecule has 5 heteroatoms. The van der Waals surface area contributed by atoms with Crippen LogP contribution in [0.3, 0.4) is 0 Å². The number of hydrogen-bond donors (Lipinski definition) is 1. The Labute approximate surface area is 135 Å². The van der Waals surface area contributed by atoms with E-state index in [4.69, 9.17) is 23.8 Å². The van der Waals surface area contributed by atoms with Crippen LogP contribution in [-0.4, -0.2) is 27.7 Å². The van der Waals surface area contributed by atoms with E-state index in [2.05, 4.69) is 52.2 Å². The summed E-state index contributed by atoms with van der Waals surface area (Å²) in [5, 5.41) is 4.84. The van der Waals surface area contributed by atoms with Crippen molar-refractivity contribution in [1.82, 2.24) is 14.8 Å². The van der Waals surface area contributed by atoms with Crippen LogP contribution in [0.1, 0.15) is 24.2 Å². The van der Waals surface area contributed by atoms with E-state index < -0.39 is 0 Å². The minimum atomic E-state index is 0.137. The zero-order valence-corrected chi connectivity index (χ0v) is 13.5. The Morgan fingerprint density at radius 2 is 2.05 bits per heavy atom. The van der Waals surface area contributed by atoms with Crippen LogP contribution in [-0.2, 0) is 6.54 Å². The van der Waals surface area contributed by atoms with E-state index in [9.17, 15) is 0 Å². The quantitative estimate of drug-likeness (QED) is 0.856. The van der Waals surface area contributed by atoms with Crippen molar-refractivity contribution in [2.75, 3.05) is 13.1 Å². The summed E-state index contributed by atoms with van der Waals surface area (Å²) in [5.41, 5.74) is 2.48. The molecule has 1 aliphatic rings. The molecule has 0 unspecified atom stereocenters. The molecule has 0 saturated carbocycles. The Hall–Kier alpha value is -1.52. The van der Waals surface area contributed by atoms with E-state index in [0.29, 0.717) is 0 Å². The zero-order valence-electron chi connectivity index (χ0n) is 11.9. The highest BCUT2D eigenvalue weighted by Crippen LogP contribution is 2.32. The highest BCUT2D eigenvalue weighted by atomic mass is 35.5. The van der Waals surface area contributed by atoms with Crippen molar-refractivity contribution < 1.29 is 0 Å². The number of fused-ring (bicyclic) bond motifs is 1. The van der Waals surface area contributed by atoms with Crippen LogP contribution in [0.25, 0.3) is 0 Å². The molecule has 3 nitrogen and oxygen atoms in total. The number of thiocarbonyl (C=S) groups is 1. The molecule has 1 aromatic heterocycles. The Bertz CT molecular complexity index is 635. The standard InChI is InChI=1S/C16H18ClN3S/c1-2-18-16(21)20-11-10-19-9-3-4-14(19)15(20)12-5-7-13(17)8-6-12/h3-9,15H,2,10-11H2,1H3,(H,18,21)/t15-/m1/s1. The van der Waals surface area contributed by atoms with Gasteiger partial charge in [-0.1, -0.05) is 23.7 Å². The van der Waals surface area contributed by atoms with E-state index in [1.807, 2.05) is 12.1 Å². The van der Waals surface area contributed by atoms with Crippen LogP contribution in [0.15, 0.2) is 42.6 Å². The van der Waals surface area contributed by atoms with E-state index >= 15 is 0 Å². The maximum absolute atomic E-state index is 6.02. The van der Waals surface area contributed by atoms with Crippen molar-refractivity contribution in [2.45, 2.75) is 19.5 Å². The summed E-state index contributed by atoms with van der Waals surface area (Å²) in [5.74, 6) is 0. The average molecular weight is 320 g/mol. The summed E-state index contributed by atoms with van der Waals surface area (Å²) in [6.07, 6.45) is 2.13. The van der Waals surface area contributed by atoms with Gasteiger partial charge in [-0.15, -0.1) is 0 Å². The molecule has 1 N–H and O–H groups in total. The van der Waals surface area contributed by atoms with Crippen LogP contribution in [0.4, 0.5) is 0 Å². The number of aromatic nitrogens is 1. The van der Waals surface area contributed by atoms with Gasteiger partial charge in [0, 0.05) is 36.5 Å².